The summed E-state index contributed by atoms with van der Waals surface area (Å²) in [6.45, 7) is 10.8. The summed E-state index contributed by atoms with van der Waals surface area (Å²) in [5, 5.41) is 6.79. The van der Waals surface area contributed by atoms with Crippen LogP contribution in [0.1, 0.15) is 71.2 Å². The predicted octanol–water partition coefficient (Wildman–Crippen LogP) is 5.12. The first kappa shape index (κ1) is 28.9. The Morgan fingerprint density at radius 3 is 2.56 bits per heavy atom. The van der Waals surface area contributed by atoms with Crippen LogP contribution in [-0.4, -0.2) is 40.6 Å². The van der Waals surface area contributed by atoms with Crippen molar-refractivity contribution in [2.45, 2.75) is 67.2 Å². The van der Waals surface area contributed by atoms with Gasteiger partial charge in [-0.3, -0.25) is 19.3 Å². The summed E-state index contributed by atoms with van der Waals surface area (Å²) in [5.74, 6) is -0.334. The number of aromatic amines is 1. The molecular weight excluding hydrogens is 433 g/mol. The summed E-state index contributed by atoms with van der Waals surface area (Å²) >= 11 is 0. The summed E-state index contributed by atoms with van der Waals surface area (Å²) in [5.41, 5.74) is 2.74. The van der Waals surface area contributed by atoms with Gasteiger partial charge < -0.3 is 0 Å². The van der Waals surface area contributed by atoms with Crippen LogP contribution in [0.5, 0.6) is 0 Å². The van der Waals surface area contributed by atoms with Gasteiger partial charge in [-0.15, -0.1) is 0 Å². The van der Waals surface area contributed by atoms with E-state index < -0.39 is 6.67 Å². The number of amides is 2. The molecule has 2 amide bonds. The van der Waals surface area contributed by atoms with Gasteiger partial charge in [-0.2, -0.15) is 5.10 Å². The lowest BCUT2D eigenvalue weighted by Gasteiger charge is -2.22. The Morgan fingerprint density at radius 1 is 1.26 bits per heavy atom. The number of hydrogen-bond acceptors (Lipinski definition) is 4. The van der Waals surface area contributed by atoms with Crippen molar-refractivity contribution >= 4 is 18.4 Å². The molecule has 0 spiro atoms. The van der Waals surface area contributed by atoms with Crippen LogP contribution in [0.4, 0.5) is 4.39 Å². The number of aromatic nitrogens is 2. The van der Waals surface area contributed by atoms with E-state index in [0.717, 1.165) is 22.5 Å². The molecule has 0 saturated carbocycles. The summed E-state index contributed by atoms with van der Waals surface area (Å²) < 4.78 is 13.8. The molecule has 0 bridgehead atoms. The average Bonchev–Trinajstić information content (AvgIpc) is 3.05. The average molecular weight is 472 g/mol. The van der Waals surface area contributed by atoms with E-state index in [0.29, 0.717) is 36.1 Å². The van der Waals surface area contributed by atoms with E-state index in [1.54, 1.807) is 12.2 Å². The number of nitrogens with zero attached hydrogens (tertiary/aromatic N) is 2. The maximum atomic E-state index is 13.8. The number of nitrogens with one attached hydrogen (secondary N) is 1. The van der Waals surface area contributed by atoms with E-state index in [1.165, 1.54) is 0 Å². The van der Waals surface area contributed by atoms with Crippen molar-refractivity contribution in [2.24, 2.45) is 5.41 Å². The van der Waals surface area contributed by atoms with Gasteiger partial charge in [0.25, 0.3) is 5.56 Å². The summed E-state index contributed by atoms with van der Waals surface area (Å²) in [7, 11) is 0. The maximum absolute atomic E-state index is 13.8. The molecule has 7 heteroatoms. The first-order valence-corrected chi connectivity index (χ1v) is 11.8. The molecule has 1 aliphatic rings. The molecule has 1 aliphatic carbocycles. The van der Waals surface area contributed by atoms with E-state index in [9.17, 15) is 18.8 Å². The van der Waals surface area contributed by atoms with Gasteiger partial charge in [0.2, 0.25) is 12.3 Å². The van der Waals surface area contributed by atoms with E-state index in [1.807, 2.05) is 65.8 Å². The lowest BCUT2D eigenvalue weighted by Crippen LogP contribution is -2.34. The summed E-state index contributed by atoms with van der Waals surface area (Å²) in [6.07, 6.45) is 13.4. The molecule has 1 heterocycles. The SMILES string of the molecule is CC.CC/C=C(\C=C(/CF)CN(C=O)C(=O)CC(C)(C)C)Cc1n[nH]c(=O)c2c1CC=CC=C2. The predicted molar refractivity (Wildman–Crippen MR) is 136 cm³/mol. The fourth-order valence-electron chi connectivity index (χ4n) is 3.49. The minimum Gasteiger partial charge on any atom is -0.281 e. The van der Waals surface area contributed by atoms with Crippen molar-refractivity contribution in [3.05, 3.63) is 68.7 Å². The largest absolute Gasteiger partial charge is 0.281 e. The van der Waals surface area contributed by atoms with Crippen molar-refractivity contribution in [1.82, 2.24) is 15.1 Å². The standard InChI is InChI=1S/C25H32FN3O3.C2H6/c1-5-9-18(12-19(15-26)16-29(17-30)23(31)14-25(2,3)4)13-22-20-10-7-6-8-11-21(20)24(32)28-27-22;1-2/h6-9,11-12,17H,5,10,13-16H2,1-4H3,(H,28,32);1-2H3/b18-9+,19-12+;. The molecule has 0 saturated heterocycles. The Kier molecular flexibility index (Phi) is 12.1. The van der Waals surface area contributed by atoms with E-state index >= 15 is 0 Å². The van der Waals surface area contributed by atoms with Crippen LogP contribution in [0.2, 0.25) is 0 Å². The number of halogens is 1. The summed E-state index contributed by atoms with van der Waals surface area (Å²) in [6, 6.07) is 0. The third-order valence-corrected chi connectivity index (χ3v) is 4.94. The number of alkyl halides is 1. The fourth-order valence-corrected chi connectivity index (χ4v) is 3.49. The number of allylic oxidation sites excluding steroid dienone is 6. The zero-order chi connectivity index (χ0) is 25.7. The van der Waals surface area contributed by atoms with Gasteiger partial charge in [-0.05, 0) is 41.0 Å². The van der Waals surface area contributed by atoms with E-state index in [4.69, 9.17) is 0 Å². The highest BCUT2D eigenvalue weighted by atomic mass is 19.1. The van der Waals surface area contributed by atoms with Gasteiger partial charge in [0.15, 0.2) is 0 Å². The molecule has 2 rings (SSSR count). The van der Waals surface area contributed by atoms with Gasteiger partial charge in [-0.1, -0.05) is 71.9 Å². The van der Waals surface area contributed by atoms with Crippen LogP contribution in [0, 0.1) is 5.41 Å². The molecule has 0 aromatic carbocycles. The maximum Gasteiger partial charge on any atom is 0.271 e. The molecule has 186 valence electrons. The third-order valence-electron chi connectivity index (χ3n) is 4.94. The van der Waals surface area contributed by atoms with Crippen molar-refractivity contribution in [3.8, 4) is 0 Å². The number of carbonyl (C=O) groups is 2. The Morgan fingerprint density at radius 2 is 1.97 bits per heavy atom. The van der Waals surface area contributed by atoms with Crippen LogP contribution in [0.3, 0.4) is 0 Å². The highest BCUT2D eigenvalue weighted by molar-refractivity contribution is 5.86. The zero-order valence-corrected chi connectivity index (χ0v) is 21.3. The Hall–Kier alpha value is -3.09. The topological polar surface area (TPSA) is 83.1 Å². The minimum atomic E-state index is -0.781. The molecule has 1 aromatic heterocycles. The van der Waals surface area contributed by atoms with Crippen molar-refractivity contribution in [2.75, 3.05) is 13.2 Å². The first-order chi connectivity index (χ1) is 16.2. The number of fused-ring (bicyclic) bond motifs is 1. The molecule has 6 nitrogen and oxygen atoms in total. The van der Waals surface area contributed by atoms with Crippen molar-refractivity contribution in [3.63, 3.8) is 0 Å². The second-order valence-corrected chi connectivity index (χ2v) is 9.05. The number of H-pyrrole nitrogens is 1. The second kappa shape index (κ2) is 14.2. The fraction of sp³-hybridized carbons (Fsp3) is 0.481. The number of carbonyl (C=O) groups excluding carboxylic acids is 2. The zero-order valence-electron chi connectivity index (χ0n) is 21.3. The van der Waals surface area contributed by atoms with Gasteiger partial charge >= 0.3 is 0 Å². The molecule has 1 aromatic rings. The molecule has 1 N–H and O–H groups in total. The molecular formula is C27H38FN3O3. The van der Waals surface area contributed by atoms with Gasteiger partial charge in [0, 0.05) is 18.4 Å². The van der Waals surface area contributed by atoms with Gasteiger partial charge in [-0.25, -0.2) is 9.49 Å². The summed E-state index contributed by atoms with van der Waals surface area (Å²) in [4.78, 5) is 37.1. The quantitative estimate of drug-likeness (QED) is 0.400. The van der Waals surface area contributed by atoms with Crippen LogP contribution in [-0.2, 0) is 22.4 Å². The Labute approximate surface area is 202 Å². The molecule has 0 radical (unpaired) electrons. The second-order valence-electron chi connectivity index (χ2n) is 9.05. The third kappa shape index (κ3) is 9.04. The molecule has 0 unspecified atom stereocenters. The smallest absolute Gasteiger partial charge is 0.271 e. The van der Waals surface area contributed by atoms with Crippen LogP contribution in [0.25, 0.3) is 6.08 Å². The van der Waals surface area contributed by atoms with Crippen molar-refractivity contribution < 1.29 is 14.0 Å². The first-order valence-electron chi connectivity index (χ1n) is 11.8. The van der Waals surface area contributed by atoms with Gasteiger partial charge in [0.05, 0.1) is 12.2 Å². The van der Waals surface area contributed by atoms with Gasteiger partial charge in [0.1, 0.15) is 6.67 Å². The Balaban J connectivity index is 0.00000281. The lowest BCUT2D eigenvalue weighted by molar-refractivity contribution is -0.139. The highest BCUT2D eigenvalue weighted by Gasteiger charge is 2.22. The molecule has 0 fully saturated rings. The normalized spacial score (nSPS) is 13.5. The van der Waals surface area contributed by atoms with Crippen LogP contribution >= 0.6 is 0 Å². The molecule has 0 atom stereocenters. The van der Waals surface area contributed by atoms with Crippen LogP contribution in [0.15, 0.2) is 46.3 Å². The van der Waals surface area contributed by atoms with Crippen LogP contribution < -0.4 is 5.56 Å². The molecule has 0 aliphatic heterocycles. The lowest BCUT2D eigenvalue weighted by atomic mass is 9.91. The van der Waals surface area contributed by atoms with E-state index in [-0.39, 0.29) is 29.8 Å². The number of imide groups is 1. The van der Waals surface area contributed by atoms with E-state index in [2.05, 4.69) is 10.2 Å². The van der Waals surface area contributed by atoms with Crippen molar-refractivity contribution in [1.29, 1.82) is 0 Å². The number of rotatable bonds is 9. The molecule has 34 heavy (non-hydrogen) atoms. The number of hydrogen-bond donors (Lipinski definition) is 1. The Bertz CT molecular complexity index is 1010. The highest BCUT2D eigenvalue weighted by Crippen LogP contribution is 2.21. The minimum absolute atomic E-state index is 0.0986. The monoisotopic (exact) mass is 471 g/mol.